The number of pyridine rings is 1. The van der Waals surface area contributed by atoms with Gasteiger partial charge in [0.2, 0.25) is 5.56 Å². The second kappa shape index (κ2) is 12.2. The minimum Gasteiger partial charge on any atom is -0.494 e. The van der Waals surface area contributed by atoms with Crippen molar-refractivity contribution in [2.24, 2.45) is 0 Å². The number of nitrogens with one attached hydrogen (secondary N) is 2. The molecule has 0 unspecified atom stereocenters. The van der Waals surface area contributed by atoms with Crippen LogP contribution in [0.3, 0.4) is 0 Å². The predicted molar refractivity (Wildman–Crippen MR) is 134 cm³/mol. The van der Waals surface area contributed by atoms with E-state index in [0.717, 1.165) is 68.0 Å². The first-order valence-electron chi connectivity index (χ1n) is 13.1. The van der Waals surface area contributed by atoms with E-state index in [-0.39, 0.29) is 23.7 Å². The predicted octanol–water partition coefficient (Wildman–Crippen LogP) is 4.73. The lowest BCUT2D eigenvalue weighted by atomic mass is 9.88. The van der Waals surface area contributed by atoms with Gasteiger partial charge in [0.15, 0.2) is 0 Å². The van der Waals surface area contributed by atoms with Gasteiger partial charge in [0.05, 0.1) is 18.8 Å². The molecule has 1 aromatic heterocycles. The van der Waals surface area contributed by atoms with E-state index in [1.54, 1.807) is 6.07 Å². The number of hydrogen-bond donors (Lipinski definition) is 3. The quantitative estimate of drug-likeness (QED) is 0.511. The van der Waals surface area contributed by atoms with Crippen LogP contribution < -0.4 is 15.6 Å². The van der Waals surface area contributed by atoms with Gasteiger partial charge < -0.3 is 25.0 Å². The van der Waals surface area contributed by atoms with Crippen molar-refractivity contribution in [2.75, 3.05) is 13.2 Å². The number of benzene rings is 1. The lowest BCUT2D eigenvalue weighted by Crippen LogP contribution is -2.56. The van der Waals surface area contributed by atoms with Crippen LogP contribution in [-0.4, -0.2) is 52.4 Å². The SMILES string of the molecule is O=C(NCCCOc1ccc2[nH]c(=O)ccc2c1)N(C1CCCCCCC1)[C@@H]1CCCC[C@H]1O. The number of aliphatic hydroxyl groups is 1. The first-order valence-corrected chi connectivity index (χ1v) is 13.1. The first-order chi connectivity index (χ1) is 16.6. The number of fused-ring (bicyclic) bond motifs is 1. The standard InChI is InChI=1S/C27H39N3O4/c31-25-12-7-6-11-24(25)30(21-9-4-2-1-3-5-10-21)27(33)28-17-8-18-34-22-14-15-23-20(19-22)13-16-26(32)29-23/h13-16,19,21,24-25,31H,1-12,17-18H2,(H,28,33)(H,29,32)/t24-,25-/m1/s1. The third-order valence-electron chi connectivity index (χ3n) is 7.32. The van der Waals surface area contributed by atoms with Crippen LogP contribution in [0.25, 0.3) is 10.9 Å². The average Bonchev–Trinajstić information content (AvgIpc) is 2.81. The van der Waals surface area contributed by atoms with Gasteiger partial charge in [-0.15, -0.1) is 0 Å². The van der Waals surface area contributed by atoms with Crippen molar-refractivity contribution < 1.29 is 14.6 Å². The Morgan fingerprint density at radius 1 is 1.00 bits per heavy atom. The van der Waals surface area contributed by atoms with Gasteiger partial charge in [-0.05, 0) is 56.4 Å². The number of carbonyl (C=O) groups excluding carboxylic acids is 1. The molecule has 7 nitrogen and oxygen atoms in total. The number of hydrogen-bond acceptors (Lipinski definition) is 4. The molecule has 0 aliphatic heterocycles. The van der Waals surface area contributed by atoms with Crippen molar-refractivity contribution in [3.8, 4) is 5.75 Å². The van der Waals surface area contributed by atoms with Gasteiger partial charge in [0, 0.05) is 29.6 Å². The van der Waals surface area contributed by atoms with E-state index in [4.69, 9.17) is 4.74 Å². The summed E-state index contributed by atoms with van der Waals surface area (Å²) in [5.41, 5.74) is 0.664. The number of aromatic nitrogens is 1. The molecule has 1 aromatic carbocycles. The second-order valence-electron chi connectivity index (χ2n) is 9.83. The molecule has 186 valence electrons. The van der Waals surface area contributed by atoms with Crippen LogP contribution in [0, 0.1) is 0 Å². The summed E-state index contributed by atoms with van der Waals surface area (Å²) >= 11 is 0. The van der Waals surface area contributed by atoms with E-state index in [0.29, 0.717) is 19.6 Å². The molecule has 2 aliphatic rings. The maximum absolute atomic E-state index is 13.3. The van der Waals surface area contributed by atoms with Gasteiger partial charge in [0.1, 0.15) is 5.75 Å². The van der Waals surface area contributed by atoms with Gasteiger partial charge >= 0.3 is 6.03 Å². The summed E-state index contributed by atoms with van der Waals surface area (Å²) in [5, 5.41) is 14.7. The van der Waals surface area contributed by atoms with Gasteiger partial charge in [0.25, 0.3) is 0 Å². The van der Waals surface area contributed by atoms with Gasteiger partial charge in [-0.3, -0.25) is 4.79 Å². The molecule has 0 radical (unpaired) electrons. The summed E-state index contributed by atoms with van der Waals surface area (Å²) in [6.45, 7) is 1.02. The summed E-state index contributed by atoms with van der Waals surface area (Å²) in [7, 11) is 0. The minimum absolute atomic E-state index is 0.0359. The number of H-pyrrole nitrogens is 1. The summed E-state index contributed by atoms with van der Waals surface area (Å²) < 4.78 is 5.87. The largest absolute Gasteiger partial charge is 0.494 e. The molecule has 3 N–H and O–H groups in total. The van der Waals surface area contributed by atoms with Crippen LogP contribution >= 0.6 is 0 Å². The summed E-state index contributed by atoms with van der Waals surface area (Å²) in [6, 6.07) is 9.00. The Hall–Kier alpha value is -2.54. The Balaban J connectivity index is 1.30. The highest BCUT2D eigenvalue weighted by molar-refractivity contribution is 5.79. The number of rotatable bonds is 7. The summed E-state index contributed by atoms with van der Waals surface area (Å²) in [4.78, 5) is 29.6. The van der Waals surface area contributed by atoms with Crippen LogP contribution in [0.15, 0.2) is 35.1 Å². The zero-order valence-corrected chi connectivity index (χ0v) is 20.1. The number of nitrogens with zero attached hydrogens (tertiary/aromatic N) is 1. The van der Waals surface area contributed by atoms with Crippen molar-refractivity contribution in [3.05, 3.63) is 40.7 Å². The monoisotopic (exact) mass is 469 g/mol. The molecule has 2 saturated carbocycles. The van der Waals surface area contributed by atoms with E-state index >= 15 is 0 Å². The molecular formula is C27H39N3O4. The molecular weight excluding hydrogens is 430 g/mol. The molecule has 2 amide bonds. The molecule has 7 heteroatoms. The minimum atomic E-state index is -0.420. The molecule has 0 spiro atoms. The van der Waals surface area contributed by atoms with Crippen molar-refractivity contribution in [2.45, 2.75) is 95.2 Å². The Kier molecular flexibility index (Phi) is 8.85. The maximum Gasteiger partial charge on any atom is 0.317 e. The second-order valence-corrected chi connectivity index (χ2v) is 9.83. The number of aromatic amines is 1. The van der Waals surface area contributed by atoms with Crippen LogP contribution in [0.4, 0.5) is 4.79 Å². The number of urea groups is 1. The number of ether oxygens (including phenoxy) is 1. The van der Waals surface area contributed by atoms with E-state index < -0.39 is 6.10 Å². The van der Waals surface area contributed by atoms with Crippen molar-refractivity contribution in [3.63, 3.8) is 0 Å². The molecule has 2 atom stereocenters. The van der Waals surface area contributed by atoms with Gasteiger partial charge in [-0.2, -0.15) is 0 Å². The Labute approximate surface area is 201 Å². The lowest BCUT2D eigenvalue weighted by Gasteiger charge is -2.43. The number of carbonyl (C=O) groups is 1. The average molecular weight is 470 g/mol. The molecule has 2 fully saturated rings. The van der Waals surface area contributed by atoms with Gasteiger partial charge in [-0.1, -0.05) is 44.9 Å². The van der Waals surface area contributed by atoms with Crippen molar-refractivity contribution >= 4 is 16.9 Å². The molecule has 4 rings (SSSR count). The maximum atomic E-state index is 13.3. The Bertz CT molecular complexity index is 983. The van der Waals surface area contributed by atoms with Crippen molar-refractivity contribution in [1.29, 1.82) is 0 Å². The van der Waals surface area contributed by atoms with Crippen molar-refractivity contribution in [1.82, 2.24) is 15.2 Å². The molecule has 2 aromatic rings. The highest BCUT2D eigenvalue weighted by atomic mass is 16.5. The Morgan fingerprint density at radius 3 is 2.53 bits per heavy atom. The number of amides is 2. The fraction of sp³-hybridized carbons (Fsp3) is 0.630. The van der Waals surface area contributed by atoms with E-state index in [1.165, 1.54) is 25.3 Å². The van der Waals surface area contributed by atoms with E-state index in [1.807, 2.05) is 23.1 Å². The first kappa shape index (κ1) is 24.6. The summed E-state index contributed by atoms with van der Waals surface area (Å²) in [5.74, 6) is 0.743. The highest BCUT2D eigenvalue weighted by Crippen LogP contribution is 2.30. The van der Waals surface area contributed by atoms with E-state index in [2.05, 4.69) is 10.3 Å². The molecule has 1 heterocycles. The molecule has 0 bridgehead atoms. The smallest absolute Gasteiger partial charge is 0.317 e. The van der Waals surface area contributed by atoms with Crippen LogP contribution in [0.2, 0.25) is 0 Å². The van der Waals surface area contributed by atoms with E-state index in [9.17, 15) is 14.7 Å². The highest BCUT2D eigenvalue weighted by Gasteiger charge is 2.36. The zero-order valence-electron chi connectivity index (χ0n) is 20.1. The Morgan fingerprint density at radius 2 is 1.74 bits per heavy atom. The fourth-order valence-corrected chi connectivity index (χ4v) is 5.49. The number of aliphatic hydroxyl groups excluding tert-OH is 1. The van der Waals surface area contributed by atoms with Crippen LogP contribution in [-0.2, 0) is 0 Å². The molecule has 2 aliphatic carbocycles. The fourth-order valence-electron chi connectivity index (χ4n) is 5.49. The normalized spacial score (nSPS) is 22.0. The van der Waals surface area contributed by atoms with Crippen LogP contribution in [0.5, 0.6) is 5.75 Å². The van der Waals surface area contributed by atoms with Gasteiger partial charge in [-0.25, -0.2) is 4.79 Å². The lowest BCUT2D eigenvalue weighted by molar-refractivity contribution is 0.0144. The topological polar surface area (TPSA) is 94.7 Å². The summed E-state index contributed by atoms with van der Waals surface area (Å²) in [6.07, 6.45) is 12.2. The molecule has 0 saturated heterocycles. The molecule has 34 heavy (non-hydrogen) atoms. The third kappa shape index (κ3) is 6.53. The zero-order chi connectivity index (χ0) is 23.8. The van der Waals surface area contributed by atoms with Crippen LogP contribution in [0.1, 0.15) is 77.0 Å². The third-order valence-corrected chi connectivity index (χ3v) is 7.32.